The Morgan fingerprint density at radius 3 is 2.70 bits per heavy atom. The van der Waals surface area contributed by atoms with Gasteiger partial charge in [0.15, 0.2) is 0 Å². The van der Waals surface area contributed by atoms with Crippen LogP contribution in [0.3, 0.4) is 0 Å². The Morgan fingerprint density at radius 2 is 1.85 bits per heavy atom. The van der Waals surface area contributed by atoms with Crippen LogP contribution in [0.5, 0.6) is 0 Å². The molecule has 0 bridgehead atoms. The summed E-state index contributed by atoms with van der Waals surface area (Å²) in [5.41, 5.74) is 2.06. The maximum Gasteiger partial charge on any atom is 0.321 e. The van der Waals surface area contributed by atoms with Crippen molar-refractivity contribution in [3.63, 3.8) is 0 Å². The molecule has 4 rings (SSSR count). The highest BCUT2D eigenvalue weighted by Crippen LogP contribution is 2.19. The van der Waals surface area contributed by atoms with Gasteiger partial charge in [-0.15, -0.1) is 0 Å². The molecule has 27 heavy (non-hydrogen) atoms. The Bertz CT molecular complexity index is 912. The fourth-order valence-electron chi connectivity index (χ4n) is 3.55. The quantitative estimate of drug-likeness (QED) is 0.769. The Kier molecular flexibility index (Phi) is 5.30. The van der Waals surface area contributed by atoms with Crippen molar-refractivity contribution < 1.29 is 4.79 Å². The van der Waals surface area contributed by atoms with Crippen LogP contribution in [0.15, 0.2) is 67.0 Å². The fourth-order valence-corrected chi connectivity index (χ4v) is 3.55. The predicted octanol–water partition coefficient (Wildman–Crippen LogP) is 3.97. The topological polar surface area (TPSA) is 48.5 Å². The number of hydrogen-bond acceptors (Lipinski definition) is 3. The van der Waals surface area contributed by atoms with E-state index in [1.165, 1.54) is 10.9 Å². The number of anilines is 1. The highest BCUT2D eigenvalue weighted by Gasteiger charge is 2.19. The van der Waals surface area contributed by atoms with Gasteiger partial charge >= 0.3 is 6.03 Å². The van der Waals surface area contributed by atoms with Gasteiger partial charge in [-0.1, -0.05) is 36.4 Å². The first-order valence-electron chi connectivity index (χ1n) is 9.44. The Hall–Kier alpha value is -2.92. The number of amides is 2. The van der Waals surface area contributed by atoms with Crippen LogP contribution in [0.2, 0.25) is 0 Å². The van der Waals surface area contributed by atoms with Gasteiger partial charge in [0.05, 0.1) is 0 Å². The Balaban J connectivity index is 1.36. The van der Waals surface area contributed by atoms with E-state index in [0.29, 0.717) is 0 Å². The zero-order chi connectivity index (χ0) is 18.5. The zero-order valence-corrected chi connectivity index (χ0v) is 15.3. The van der Waals surface area contributed by atoms with Gasteiger partial charge in [-0.2, -0.15) is 0 Å². The van der Waals surface area contributed by atoms with E-state index in [0.717, 1.165) is 50.2 Å². The molecule has 0 saturated carbocycles. The van der Waals surface area contributed by atoms with Crippen LogP contribution < -0.4 is 5.32 Å². The third kappa shape index (κ3) is 4.44. The number of carbonyl (C=O) groups is 1. The van der Waals surface area contributed by atoms with Crippen molar-refractivity contribution in [3.8, 4) is 0 Å². The monoisotopic (exact) mass is 360 g/mol. The number of benzene rings is 2. The molecule has 5 heteroatoms. The molecule has 1 fully saturated rings. The van der Waals surface area contributed by atoms with Crippen LogP contribution in [0.4, 0.5) is 10.5 Å². The smallest absolute Gasteiger partial charge is 0.321 e. The lowest BCUT2D eigenvalue weighted by molar-refractivity contribution is 0.211. The summed E-state index contributed by atoms with van der Waals surface area (Å²) in [6.45, 7) is 4.27. The lowest BCUT2D eigenvalue weighted by Crippen LogP contribution is -2.38. The number of nitrogens with zero attached hydrogens (tertiary/aromatic N) is 3. The first kappa shape index (κ1) is 17.5. The van der Waals surface area contributed by atoms with Gasteiger partial charge in [0, 0.05) is 50.8 Å². The van der Waals surface area contributed by atoms with Gasteiger partial charge in [0.25, 0.3) is 0 Å². The number of urea groups is 1. The molecule has 2 aromatic carbocycles. The third-order valence-corrected chi connectivity index (χ3v) is 5.01. The fraction of sp³-hybridized carbons (Fsp3) is 0.273. The van der Waals surface area contributed by atoms with E-state index in [4.69, 9.17) is 0 Å². The third-order valence-electron chi connectivity index (χ3n) is 5.01. The molecular weight excluding hydrogens is 336 g/mol. The van der Waals surface area contributed by atoms with Gasteiger partial charge in [0.1, 0.15) is 0 Å². The number of aromatic nitrogens is 1. The highest BCUT2D eigenvalue weighted by molar-refractivity contribution is 5.93. The molecule has 0 spiro atoms. The van der Waals surface area contributed by atoms with Crippen molar-refractivity contribution in [3.05, 3.63) is 72.6 Å². The minimum absolute atomic E-state index is 0.0199. The van der Waals surface area contributed by atoms with Crippen LogP contribution >= 0.6 is 0 Å². The number of rotatable bonds is 3. The molecule has 0 radical (unpaired) electrons. The number of hydrogen-bond donors (Lipinski definition) is 1. The van der Waals surface area contributed by atoms with Crippen molar-refractivity contribution in [2.45, 2.75) is 13.0 Å². The summed E-state index contributed by atoms with van der Waals surface area (Å²) in [6.07, 6.45) is 4.69. The molecule has 3 aromatic rings. The predicted molar refractivity (Wildman–Crippen MR) is 109 cm³/mol. The van der Waals surface area contributed by atoms with Gasteiger partial charge in [-0.3, -0.25) is 9.88 Å². The second kappa shape index (κ2) is 8.18. The Morgan fingerprint density at radius 1 is 0.963 bits per heavy atom. The SMILES string of the molecule is O=C(Nc1ccc2ccccc2c1)N1CCCN(Cc2cccnc2)CC1. The molecule has 1 aromatic heterocycles. The number of fused-ring (bicyclic) bond motifs is 1. The summed E-state index contributed by atoms with van der Waals surface area (Å²) in [7, 11) is 0. The average Bonchev–Trinajstić information content (AvgIpc) is 2.94. The van der Waals surface area contributed by atoms with E-state index in [1.54, 1.807) is 6.20 Å². The summed E-state index contributed by atoms with van der Waals surface area (Å²) in [4.78, 5) is 21.2. The lowest BCUT2D eigenvalue weighted by Gasteiger charge is -2.22. The summed E-state index contributed by atoms with van der Waals surface area (Å²) in [5, 5.41) is 5.36. The summed E-state index contributed by atoms with van der Waals surface area (Å²) < 4.78 is 0. The normalized spacial score (nSPS) is 15.5. The number of carbonyl (C=O) groups excluding carboxylic acids is 1. The van der Waals surface area contributed by atoms with Crippen molar-refractivity contribution in [1.29, 1.82) is 0 Å². The highest BCUT2D eigenvalue weighted by atomic mass is 16.2. The zero-order valence-electron chi connectivity index (χ0n) is 15.3. The summed E-state index contributed by atoms with van der Waals surface area (Å²) in [6, 6.07) is 18.3. The maximum absolute atomic E-state index is 12.7. The van der Waals surface area contributed by atoms with Crippen LogP contribution in [0.25, 0.3) is 10.8 Å². The molecule has 0 unspecified atom stereocenters. The maximum atomic E-state index is 12.7. The van der Waals surface area contributed by atoms with Crippen LogP contribution in [0, 0.1) is 0 Å². The first-order chi connectivity index (χ1) is 13.3. The lowest BCUT2D eigenvalue weighted by atomic mass is 10.1. The van der Waals surface area contributed by atoms with E-state index in [1.807, 2.05) is 47.5 Å². The van der Waals surface area contributed by atoms with Crippen molar-refractivity contribution in [2.24, 2.45) is 0 Å². The van der Waals surface area contributed by atoms with Crippen molar-refractivity contribution in [2.75, 3.05) is 31.5 Å². The molecule has 2 amide bonds. The number of nitrogens with one attached hydrogen (secondary N) is 1. The van der Waals surface area contributed by atoms with E-state index in [-0.39, 0.29) is 6.03 Å². The summed E-state index contributed by atoms with van der Waals surface area (Å²) >= 11 is 0. The largest absolute Gasteiger partial charge is 0.323 e. The van der Waals surface area contributed by atoms with Crippen LogP contribution in [0.1, 0.15) is 12.0 Å². The van der Waals surface area contributed by atoms with E-state index >= 15 is 0 Å². The second-order valence-corrected chi connectivity index (χ2v) is 6.97. The Labute approximate surface area is 159 Å². The van der Waals surface area contributed by atoms with Crippen LogP contribution in [-0.2, 0) is 6.54 Å². The first-order valence-corrected chi connectivity index (χ1v) is 9.44. The molecule has 1 aliphatic heterocycles. The standard InChI is InChI=1S/C22H24N4O/c27-22(24-21-9-8-19-6-1-2-7-20(19)15-21)26-12-4-11-25(13-14-26)17-18-5-3-10-23-16-18/h1-3,5-10,15-16H,4,11-14,17H2,(H,24,27). The molecule has 138 valence electrons. The van der Waals surface area contributed by atoms with E-state index < -0.39 is 0 Å². The van der Waals surface area contributed by atoms with Gasteiger partial charge in [-0.05, 0) is 41.0 Å². The molecule has 1 saturated heterocycles. The van der Waals surface area contributed by atoms with E-state index in [9.17, 15) is 4.79 Å². The molecule has 0 atom stereocenters. The van der Waals surface area contributed by atoms with Gasteiger partial charge in [0.2, 0.25) is 0 Å². The average molecular weight is 360 g/mol. The van der Waals surface area contributed by atoms with Crippen LogP contribution in [-0.4, -0.2) is 47.0 Å². The van der Waals surface area contributed by atoms with Crippen molar-refractivity contribution in [1.82, 2.24) is 14.8 Å². The van der Waals surface area contributed by atoms with Gasteiger partial charge < -0.3 is 10.2 Å². The molecule has 2 heterocycles. The van der Waals surface area contributed by atoms with Gasteiger partial charge in [-0.25, -0.2) is 4.79 Å². The minimum atomic E-state index is -0.0199. The molecule has 1 aliphatic rings. The molecule has 0 aliphatic carbocycles. The second-order valence-electron chi connectivity index (χ2n) is 6.97. The minimum Gasteiger partial charge on any atom is -0.323 e. The van der Waals surface area contributed by atoms with Crippen molar-refractivity contribution >= 4 is 22.5 Å². The summed E-state index contributed by atoms with van der Waals surface area (Å²) in [5.74, 6) is 0. The molecule has 5 nitrogen and oxygen atoms in total. The number of pyridine rings is 1. The molecular formula is C22H24N4O. The van der Waals surface area contributed by atoms with E-state index in [2.05, 4.69) is 33.4 Å². The molecule has 1 N–H and O–H groups in total.